The van der Waals surface area contributed by atoms with Crippen LogP contribution in [0, 0.1) is 11.7 Å². The van der Waals surface area contributed by atoms with E-state index < -0.39 is 0 Å². The molecule has 1 fully saturated rings. The lowest BCUT2D eigenvalue weighted by atomic mass is 9.97. The van der Waals surface area contributed by atoms with E-state index in [4.69, 9.17) is 10.5 Å². The SMILES string of the molecule is CC1CN(CC(C)C(N)c2ccc(F)cn2)CC(C)(C)O1. The Hall–Kier alpha value is -1.04. The second kappa shape index (κ2) is 6.38. The molecule has 0 spiro atoms. The zero-order chi connectivity index (χ0) is 15.6. The summed E-state index contributed by atoms with van der Waals surface area (Å²) >= 11 is 0. The molecule has 2 rings (SSSR count). The van der Waals surface area contributed by atoms with Crippen molar-refractivity contribution in [1.29, 1.82) is 0 Å². The number of ether oxygens (including phenoxy) is 1. The molecule has 1 aromatic rings. The van der Waals surface area contributed by atoms with Crippen LogP contribution in [0.5, 0.6) is 0 Å². The van der Waals surface area contributed by atoms with E-state index in [1.807, 2.05) is 0 Å². The van der Waals surface area contributed by atoms with Gasteiger partial charge in [0.1, 0.15) is 5.82 Å². The van der Waals surface area contributed by atoms with Crippen LogP contribution in [0.4, 0.5) is 4.39 Å². The fourth-order valence-corrected chi connectivity index (χ4v) is 3.12. The predicted molar refractivity (Wildman–Crippen MR) is 81.4 cm³/mol. The third kappa shape index (κ3) is 4.46. The summed E-state index contributed by atoms with van der Waals surface area (Å²) in [5.41, 5.74) is 6.88. The van der Waals surface area contributed by atoms with Crippen molar-refractivity contribution in [2.45, 2.75) is 45.4 Å². The molecule has 0 radical (unpaired) electrons. The van der Waals surface area contributed by atoms with Gasteiger partial charge in [0.15, 0.2) is 0 Å². The van der Waals surface area contributed by atoms with E-state index >= 15 is 0 Å². The first-order valence-corrected chi connectivity index (χ1v) is 7.54. The van der Waals surface area contributed by atoms with Gasteiger partial charge in [-0.05, 0) is 38.8 Å². The second-order valence-electron chi connectivity index (χ2n) is 6.79. The van der Waals surface area contributed by atoms with Crippen molar-refractivity contribution >= 4 is 0 Å². The van der Waals surface area contributed by atoms with Crippen molar-refractivity contribution in [3.63, 3.8) is 0 Å². The second-order valence-corrected chi connectivity index (χ2v) is 6.79. The van der Waals surface area contributed by atoms with Crippen LogP contribution in [0.3, 0.4) is 0 Å². The average Bonchev–Trinajstić information content (AvgIpc) is 2.36. The maximum absolute atomic E-state index is 12.9. The summed E-state index contributed by atoms with van der Waals surface area (Å²) in [7, 11) is 0. The van der Waals surface area contributed by atoms with Crippen LogP contribution in [-0.4, -0.2) is 41.2 Å². The highest BCUT2D eigenvalue weighted by atomic mass is 19.1. The number of rotatable bonds is 4. The van der Waals surface area contributed by atoms with Crippen LogP contribution in [0.15, 0.2) is 18.3 Å². The van der Waals surface area contributed by atoms with E-state index in [9.17, 15) is 4.39 Å². The molecule has 2 N–H and O–H groups in total. The van der Waals surface area contributed by atoms with Crippen molar-refractivity contribution in [2.24, 2.45) is 11.7 Å². The number of aromatic nitrogens is 1. The van der Waals surface area contributed by atoms with Crippen molar-refractivity contribution in [3.8, 4) is 0 Å². The number of hydrogen-bond acceptors (Lipinski definition) is 4. The summed E-state index contributed by atoms with van der Waals surface area (Å²) in [5.74, 6) is -0.0913. The Bertz CT molecular complexity index is 463. The van der Waals surface area contributed by atoms with E-state index in [1.165, 1.54) is 12.3 Å². The number of morpholine rings is 1. The Kier molecular flexibility index (Phi) is 4.96. The first kappa shape index (κ1) is 16.3. The summed E-state index contributed by atoms with van der Waals surface area (Å²) < 4.78 is 18.8. The molecule has 3 atom stereocenters. The lowest BCUT2D eigenvalue weighted by Gasteiger charge is -2.43. The van der Waals surface area contributed by atoms with Gasteiger partial charge < -0.3 is 10.5 Å². The smallest absolute Gasteiger partial charge is 0.141 e. The molecule has 2 heterocycles. The average molecular weight is 295 g/mol. The van der Waals surface area contributed by atoms with Crippen LogP contribution < -0.4 is 5.73 Å². The first-order chi connectivity index (χ1) is 9.77. The number of nitrogens with zero attached hydrogens (tertiary/aromatic N) is 2. The molecule has 0 bridgehead atoms. The third-order valence-corrected chi connectivity index (χ3v) is 3.89. The van der Waals surface area contributed by atoms with Gasteiger partial charge >= 0.3 is 0 Å². The Balaban J connectivity index is 1.97. The minimum Gasteiger partial charge on any atom is -0.370 e. The van der Waals surface area contributed by atoms with Gasteiger partial charge in [-0.3, -0.25) is 9.88 Å². The summed E-state index contributed by atoms with van der Waals surface area (Å²) in [6.07, 6.45) is 1.45. The van der Waals surface area contributed by atoms with Crippen molar-refractivity contribution in [1.82, 2.24) is 9.88 Å². The van der Waals surface area contributed by atoms with E-state index in [1.54, 1.807) is 6.07 Å². The number of halogens is 1. The lowest BCUT2D eigenvalue weighted by molar-refractivity contribution is -0.131. The monoisotopic (exact) mass is 295 g/mol. The Labute approximate surface area is 126 Å². The standard InChI is InChI=1S/C16H26FN3O/c1-11(15(18)14-6-5-13(17)7-19-14)8-20-9-12(2)21-16(3,4)10-20/h5-7,11-12,15H,8-10,18H2,1-4H3. The van der Waals surface area contributed by atoms with Gasteiger partial charge in [-0.2, -0.15) is 0 Å². The first-order valence-electron chi connectivity index (χ1n) is 7.54. The fourth-order valence-electron chi connectivity index (χ4n) is 3.12. The van der Waals surface area contributed by atoms with E-state index in [-0.39, 0.29) is 29.5 Å². The third-order valence-electron chi connectivity index (χ3n) is 3.89. The normalized spacial score (nSPS) is 25.5. The predicted octanol–water partition coefficient (Wildman–Crippen LogP) is 2.36. The molecule has 1 aliphatic rings. The fraction of sp³-hybridized carbons (Fsp3) is 0.688. The molecular formula is C16H26FN3O. The molecule has 0 aliphatic carbocycles. The molecule has 0 aromatic carbocycles. The van der Waals surface area contributed by atoms with Crippen molar-refractivity contribution in [3.05, 3.63) is 29.8 Å². The highest BCUT2D eigenvalue weighted by Gasteiger charge is 2.32. The zero-order valence-corrected chi connectivity index (χ0v) is 13.3. The minimum absolute atomic E-state index is 0.129. The molecule has 5 heteroatoms. The highest BCUT2D eigenvalue weighted by Crippen LogP contribution is 2.24. The zero-order valence-electron chi connectivity index (χ0n) is 13.3. The Morgan fingerprint density at radius 1 is 1.52 bits per heavy atom. The summed E-state index contributed by atoms with van der Waals surface area (Å²) in [4.78, 5) is 6.48. The number of nitrogens with two attached hydrogens (primary N) is 1. The van der Waals surface area contributed by atoms with Crippen LogP contribution in [-0.2, 0) is 4.74 Å². The molecule has 1 saturated heterocycles. The molecule has 1 aliphatic heterocycles. The van der Waals surface area contributed by atoms with Gasteiger partial charge in [-0.25, -0.2) is 4.39 Å². The summed E-state index contributed by atoms with van der Waals surface area (Å²) in [6, 6.07) is 2.89. The molecule has 1 aromatic heterocycles. The summed E-state index contributed by atoms with van der Waals surface area (Å²) in [6.45, 7) is 11.1. The quantitative estimate of drug-likeness (QED) is 0.926. The molecule has 3 unspecified atom stereocenters. The van der Waals surface area contributed by atoms with Gasteiger partial charge in [0.05, 0.1) is 29.6 Å². The van der Waals surface area contributed by atoms with Gasteiger partial charge in [0.2, 0.25) is 0 Å². The lowest BCUT2D eigenvalue weighted by Crippen LogP contribution is -2.53. The van der Waals surface area contributed by atoms with Gasteiger partial charge in [-0.1, -0.05) is 6.92 Å². The van der Waals surface area contributed by atoms with Gasteiger partial charge in [-0.15, -0.1) is 0 Å². The van der Waals surface area contributed by atoms with Gasteiger partial charge in [0, 0.05) is 19.6 Å². The molecule has 118 valence electrons. The minimum atomic E-state index is -0.331. The summed E-state index contributed by atoms with van der Waals surface area (Å²) in [5, 5.41) is 0. The van der Waals surface area contributed by atoms with Crippen molar-refractivity contribution < 1.29 is 9.13 Å². The van der Waals surface area contributed by atoms with E-state index in [2.05, 4.69) is 37.6 Å². The molecular weight excluding hydrogens is 269 g/mol. The number of hydrogen-bond donors (Lipinski definition) is 1. The number of pyridine rings is 1. The van der Waals surface area contributed by atoms with Crippen molar-refractivity contribution in [2.75, 3.05) is 19.6 Å². The molecule has 4 nitrogen and oxygen atoms in total. The van der Waals surface area contributed by atoms with E-state index in [0.717, 1.165) is 25.3 Å². The van der Waals surface area contributed by atoms with Crippen LogP contribution in [0.1, 0.15) is 39.4 Å². The molecule has 21 heavy (non-hydrogen) atoms. The maximum Gasteiger partial charge on any atom is 0.141 e. The Morgan fingerprint density at radius 2 is 2.24 bits per heavy atom. The topological polar surface area (TPSA) is 51.4 Å². The Morgan fingerprint density at radius 3 is 2.81 bits per heavy atom. The maximum atomic E-state index is 12.9. The molecule has 0 amide bonds. The van der Waals surface area contributed by atoms with Crippen LogP contribution >= 0.6 is 0 Å². The largest absolute Gasteiger partial charge is 0.370 e. The highest BCUT2D eigenvalue weighted by molar-refractivity contribution is 5.10. The van der Waals surface area contributed by atoms with Gasteiger partial charge in [0.25, 0.3) is 0 Å². The van der Waals surface area contributed by atoms with Crippen LogP contribution in [0.2, 0.25) is 0 Å². The van der Waals surface area contributed by atoms with E-state index in [0.29, 0.717) is 0 Å². The molecule has 0 saturated carbocycles. The van der Waals surface area contributed by atoms with Crippen LogP contribution in [0.25, 0.3) is 0 Å².